The zero-order chi connectivity index (χ0) is 32.8. The fourth-order valence-corrected chi connectivity index (χ4v) is 5.93. The zero-order valence-corrected chi connectivity index (χ0v) is 27.8. The maximum atomic E-state index is 11.7. The van der Waals surface area contributed by atoms with Crippen LogP contribution < -0.4 is 0 Å². The Bertz CT molecular complexity index is 756. The summed E-state index contributed by atoms with van der Waals surface area (Å²) in [5.74, 6) is -2.19. The normalized spacial score (nSPS) is 21.0. The quantitative estimate of drug-likeness (QED) is 0.0426. The van der Waals surface area contributed by atoms with Crippen LogP contribution in [0, 0.1) is 0 Å². The van der Waals surface area contributed by atoms with E-state index in [-0.39, 0.29) is 19.3 Å². The molecule has 0 aromatic heterocycles. The molecule has 0 aromatic carbocycles. The Morgan fingerprint density at radius 3 is 1.41 bits per heavy atom. The minimum Gasteiger partial charge on any atom is -0.426 e. The fraction of sp³-hybridized carbons (Fsp3) is 0.914. The summed E-state index contributed by atoms with van der Waals surface area (Å²) in [5.41, 5.74) is 0.293. The molecule has 0 amide bonds. The van der Waals surface area contributed by atoms with Crippen molar-refractivity contribution in [2.24, 2.45) is 0 Å². The second-order valence-corrected chi connectivity index (χ2v) is 13.4. The molecule has 0 saturated heterocycles. The van der Waals surface area contributed by atoms with Gasteiger partial charge in [-0.25, -0.2) is 4.79 Å². The molecule has 9 nitrogen and oxygen atoms in total. The molecule has 0 saturated carbocycles. The Balaban J connectivity index is 2.01. The third kappa shape index (κ3) is 20.1. The number of rotatable bonds is 29. The summed E-state index contributed by atoms with van der Waals surface area (Å²) in [6.45, 7) is 3.61. The molecular formula is C35H66O9. The zero-order valence-electron chi connectivity index (χ0n) is 27.8. The smallest absolute Gasteiger partial charge is 0.336 e. The molecule has 0 aromatic rings. The number of carbonyl (C=O) groups is 1. The maximum absolute atomic E-state index is 11.7. The predicted octanol–water partition coefficient (Wildman–Crippen LogP) is 5.34. The summed E-state index contributed by atoms with van der Waals surface area (Å²) < 4.78 is 4.79. The van der Waals surface area contributed by atoms with E-state index in [9.17, 15) is 40.5 Å². The van der Waals surface area contributed by atoms with Crippen LogP contribution in [0.4, 0.5) is 0 Å². The van der Waals surface area contributed by atoms with Crippen LogP contribution in [0.3, 0.4) is 0 Å². The van der Waals surface area contributed by atoms with Crippen LogP contribution in [0.25, 0.3) is 0 Å². The monoisotopic (exact) mass is 630 g/mol. The van der Waals surface area contributed by atoms with Crippen molar-refractivity contribution in [1.29, 1.82) is 0 Å². The van der Waals surface area contributed by atoms with Gasteiger partial charge in [0.2, 0.25) is 5.79 Å². The summed E-state index contributed by atoms with van der Waals surface area (Å²) in [5, 5.41) is 71.3. The van der Waals surface area contributed by atoms with E-state index in [0.717, 1.165) is 44.9 Å². The molecule has 1 aliphatic heterocycles. The molecule has 0 fully saturated rings. The molecule has 0 aliphatic carbocycles. The van der Waals surface area contributed by atoms with Gasteiger partial charge in [0.25, 0.3) is 0 Å². The van der Waals surface area contributed by atoms with Crippen molar-refractivity contribution in [2.75, 3.05) is 0 Å². The van der Waals surface area contributed by atoms with E-state index in [2.05, 4.69) is 6.92 Å². The van der Waals surface area contributed by atoms with E-state index >= 15 is 0 Å². The SMILES string of the molecule is CCCCCCCCCCCCC(O)C(O)CCC(O)C(O)CCCCC(O)CCCCCC(O)CC1=CC(C)(O)OC1=O. The van der Waals surface area contributed by atoms with E-state index in [4.69, 9.17) is 4.74 Å². The molecule has 0 radical (unpaired) electrons. The largest absolute Gasteiger partial charge is 0.426 e. The first kappa shape index (κ1) is 41.0. The Hall–Kier alpha value is -1.07. The first-order valence-corrected chi connectivity index (χ1v) is 17.7. The van der Waals surface area contributed by atoms with Crippen LogP contribution in [0.1, 0.15) is 162 Å². The van der Waals surface area contributed by atoms with Gasteiger partial charge in [0, 0.05) is 18.9 Å². The number of cyclic esters (lactones) is 1. The van der Waals surface area contributed by atoms with Gasteiger partial charge >= 0.3 is 5.97 Å². The Kier molecular flexibility index (Phi) is 22.5. The highest BCUT2D eigenvalue weighted by Crippen LogP contribution is 2.26. The molecule has 7 N–H and O–H groups in total. The van der Waals surface area contributed by atoms with Crippen molar-refractivity contribution in [2.45, 2.75) is 204 Å². The Labute approximate surface area is 266 Å². The summed E-state index contributed by atoms with van der Waals surface area (Å²) in [4.78, 5) is 11.7. The molecule has 9 heteroatoms. The Morgan fingerprint density at radius 2 is 0.932 bits per heavy atom. The molecule has 1 rings (SSSR count). The van der Waals surface area contributed by atoms with Crippen molar-refractivity contribution in [3.63, 3.8) is 0 Å². The van der Waals surface area contributed by atoms with Crippen molar-refractivity contribution in [3.05, 3.63) is 11.6 Å². The number of hydrogen-bond donors (Lipinski definition) is 7. The van der Waals surface area contributed by atoms with Gasteiger partial charge in [-0.2, -0.15) is 0 Å². The molecule has 44 heavy (non-hydrogen) atoms. The number of aliphatic hydroxyl groups excluding tert-OH is 6. The van der Waals surface area contributed by atoms with Gasteiger partial charge in [-0.1, -0.05) is 103 Å². The van der Waals surface area contributed by atoms with E-state index in [1.54, 1.807) is 0 Å². The molecule has 7 unspecified atom stereocenters. The number of unbranched alkanes of at least 4 members (excludes halogenated alkanes) is 12. The van der Waals surface area contributed by atoms with Crippen molar-refractivity contribution in [1.82, 2.24) is 0 Å². The third-order valence-electron chi connectivity index (χ3n) is 8.82. The molecule has 0 spiro atoms. The van der Waals surface area contributed by atoms with Gasteiger partial charge in [-0.05, 0) is 51.0 Å². The van der Waals surface area contributed by atoms with Crippen LogP contribution in [-0.2, 0) is 9.53 Å². The minimum atomic E-state index is -1.60. The van der Waals surface area contributed by atoms with E-state index in [0.29, 0.717) is 44.1 Å². The topological polar surface area (TPSA) is 168 Å². The van der Waals surface area contributed by atoms with Crippen LogP contribution in [0.2, 0.25) is 0 Å². The van der Waals surface area contributed by atoms with Crippen molar-refractivity contribution < 1.29 is 45.3 Å². The molecular weight excluding hydrogens is 564 g/mol. The number of ether oxygens (including phenoxy) is 1. The van der Waals surface area contributed by atoms with E-state index in [1.807, 2.05) is 0 Å². The van der Waals surface area contributed by atoms with E-state index in [1.165, 1.54) is 57.9 Å². The number of hydrogen-bond acceptors (Lipinski definition) is 9. The van der Waals surface area contributed by atoms with Crippen LogP contribution in [0.5, 0.6) is 0 Å². The molecule has 1 heterocycles. The summed E-state index contributed by atoms with van der Waals surface area (Å²) in [6, 6.07) is 0. The summed E-state index contributed by atoms with van der Waals surface area (Å²) in [7, 11) is 0. The van der Waals surface area contributed by atoms with Gasteiger partial charge in [0.15, 0.2) is 0 Å². The highest BCUT2D eigenvalue weighted by Gasteiger charge is 2.34. The lowest BCUT2D eigenvalue weighted by Gasteiger charge is -2.22. The van der Waals surface area contributed by atoms with Gasteiger partial charge < -0.3 is 40.5 Å². The molecule has 0 bridgehead atoms. The van der Waals surface area contributed by atoms with Gasteiger partial charge in [0.05, 0.1) is 36.6 Å². The first-order chi connectivity index (χ1) is 20.9. The lowest BCUT2D eigenvalue weighted by Crippen LogP contribution is -2.31. The second-order valence-electron chi connectivity index (χ2n) is 13.4. The summed E-state index contributed by atoms with van der Waals surface area (Å²) in [6.07, 6.45) is 16.1. The third-order valence-corrected chi connectivity index (χ3v) is 8.82. The van der Waals surface area contributed by atoms with Crippen molar-refractivity contribution in [3.8, 4) is 0 Å². The highest BCUT2D eigenvalue weighted by atomic mass is 16.7. The highest BCUT2D eigenvalue weighted by molar-refractivity contribution is 5.91. The lowest BCUT2D eigenvalue weighted by atomic mass is 9.96. The molecule has 260 valence electrons. The van der Waals surface area contributed by atoms with Crippen LogP contribution in [-0.4, -0.2) is 84.1 Å². The number of carbonyl (C=O) groups excluding carboxylic acids is 1. The molecule has 7 atom stereocenters. The average molecular weight is 631 g/mol. The lowest BCUT2D eigenvalue weighted by molar-refractivity contribution is -0.173. The maximum Gasteiger partial charge on any atom is 0.336 e. The van der Waals surface area contributed by atoms with Gasteiger partial charge in [-0.3, -0.25) is 0 Å². The minimum absolute atomic E-state index is 0.153. The predicted molar refractivity (Wildman–Crippen MR) is 173 cm³/mol. The standard InChI is InChI=1S/C35H66O9/c1-3-4-5-6-7-8-9-10-11-15-21-30(38)32(40)23-24-33(41)31(39)22-17-16-19-28(36)18-13-12-14-20-29(37)25-27-26-35(2,43)44-34(27)42/h26,28-33,36-41,43H,3-25H2,1-2H3. The van der Waals surface area contributed by atoms with Crippen LogP contribution in [0.15, 0.2) is 11.6 Å². The number of esters is 1. The van der Waals surface area contributed by atoms with Crippen LogP contribution >= 0.6 is 0 Å². The number of aliphatic hydroxyl groups is 7. The average Bonchev–Trinajstić information content (AvgIpc) is 3.24. The second kappa shape index (κ2) is 24.2. The first-order valence-electron chi connectivity index (χ1n) is 17.7. The van der Waals surface area contributed by atoms with Gasteiger partial charge in [-0.15, -0.1) is 0 Å². The fourth-order valence-electron chi connectivity index (χ4n) is 5.93. The van der Waals surface area contributed by atoms with Gasteiger partial charge in [0.1, 0.15) is 0 Å². The summed E-state index contributed by atoms with van der Waals surface area (Å²) >= 11 is 0. The van der Waals surface area contributed by atoms with E-state index < -0.39 is 48.4 Å². The molecule has 1 aliphatic rings. The van der Waals surface area contributed by atoms with Crippen molar-refractivity contribution >= 4 is 5.97 Å². The Morgan fingerprint density at radius 1 is 0.568 bits per heavy atom.